The maximum atomic E-state index is 9.56. The average molecular weight is 314 g/mol. The number of benzene rings is 1. The largest absolute Gasteiger partial charge is 0.396 e. The van der Waals surface area contributed by atoms with Crippen LogP contribution >= 0.6 is 15.9 Å². The smallest absolute Gasteiger partial charge is 0.0499 e. The summed E-state index contributed by atoms with van der Waals surface area (Å²) in [7, 11) is 0. The van der Waals surface area contributed by atoms with E-state index in [1.165, 1.54) is 5.56 Å². The molecule has 3 heteroatoms. The zero-order chi connectivity index (χ0) is 13.6. The summed E-state index contributed by atoms with van der Waals surface area (Å²) in [5.41, 5.74) is 1.28. The van der Waals surface area contributed by atoms with Crippen LogP contribution in [0.1, 0.15) is 45.2 Å². The lowest BCUT2D eigenvalue weighted by Gasteiger charge is -2.31. The predicted octanol–water partition coefficient (Wildman–Crippen LogP) is 3.90. The minimum atomic E-state index is 0.0142. The maximum Gasteiger partial charge on any atom is 0.0499 e. The van der Waals surface area contributed by atoms with Crippen molar-refractivity contribution in [1.29, 1.82) is 0 Å². The second-order valence-electron chi connectivity index (χ2n) is 5.02. The van der Waals surface area contributed by atoms with Gasteiger partial charge in [0.1, 0.15) is 0 Å². The summed E-state index contributed by atoms with van der Waals surface area (Å²) in [6, 6.07) is 8.64. The minimum absolute atomic E-state index is 0.0142. The van der Waals surface area contributed by atoms with Gasteiger partial charge in [0.15, 0.2) is 0 Å². The molecule has 0 saturated carbocycles. The Morgan fingerprint density at radius 2 is 2.00 bits per heavy atom. The molecule has 0 radical (unpaired) electrons. The van der Waals surface area contributed by atoms with Gasteiger partial charge in [-0.2, -0.15) is 0 Å². The molecule has 0 unspecified atom stereocenters. The highest BCUT2D eigenvalue weighted by Gasteiger charge is 2.25. The zero-order valence-corrected chi connectivity index (χ0v) is 13.1. The fraction of sp³-hybridized carbons (Fsp3) is 0.600. The molecule has 2 N–H and O–H groups in total. The Bertz CT molecular complexity index is 355. The lowest BCUT2D eigenvalue weighted by molar-refractivity contribution is 0.110. The third-order valence-electron chi connectivity index (χ3n) is 3.97. The van der Waals surface area contributed by atoms with Crippen LogP contribution < -0.4 is 5.32 Å². The molecule has 0 aliphatic carbocycles. The van der Waals surface area contributed by atoms with Crippen molar-refractivity contribution in [3.05, 3.63) is 34.3 Å². The summed E-state index contributed by atoms with van der Waals surface area (Å²) in [6.45, 7) is 7.55. The van der Waals surface area contributed by atoms with Crippen molar-refractivity contribution < 1.29 is 5.11 Å². The molecule has 1 rings (SSSR count). The molecule has 0 heterocycles. The van der Waals surface area contributed by atoms with Crippen LogP contribution in [0.15, 0.2) is 28.7 Å². The Hall–Kier alpha value is -0.380. The van der Waals surface area contributed by atoms with E-state index in [0.717, 1.165) is 23.9 Å². The van der Waals surface area contributed by atoms with Crippen molar-refractivity contribution in [1.82, 2.24) is 5.32 Å². The van der Waals surface area contributed by atoms with Crippen LogP contribution in [-0.4, -0.2) is 18.3 Å². The van der Waals surface area contributed by atoms with Gasteiger partial charge in [-0.05, 0) is 37.5 Å². The highest BCUT2D eigenvalue weighted by molar-refractivity contribution is 9.10. The van der Waals surface area contributed by atoms with Crippen molar-refractivity contribution in [2.24, 2.45) is 5.41 Å². The molecular weight excluding hydrogens is 290 g/mol. The maximum absolute atomic E-state index is 9.56. The molecule has 2 nitrogen and oxygen atoms in total. The van der Waals surface area contributed by atoms with Gasteiger partial charge in [0.2, 0.25) is 0 Å². The monoisotopic (exact) mass is 313 g/mol. The molecule has 0 aliphatic heterocycles. The molecule has 0 aromatic heterocycles. The number of hydrogen-bond acceptors (Lipinski definition) is 2. The molecule has 1 atom stereocenters. The van der Waals surface area contributed by atoms with Crippen molar-refractivity contribution >= 4 is 15.9 Å². The molecule has 102 valence electrons. The molecule has 1 aromatic carbocycles. The van der Waals surface area contributed by atoms with Gasteiger partial charge in [-0.25, -0.2) is 0 Å². The van der Waals surface area contributed by atoms with Gasteiger partial charge >= 0.3 is 0 Å². The van der Waals surface area contributed by atoms with Crippen LogP contribution in [0.5, 0.6) is 0 Å². The fourth-order valence-electron chi connectivity index (χ4n) is 2.04. The normalized spacial score (nSPS) is 13.6. The second kappa shape index (κ2) is 7.27. The van der Waals surface area contributed by atoms with Crippen molar-refractivity contribution in [3.63, 3.8) is 0 Å². The van der Waals surface area contributed by atoms with E-state index >= 15 is 0 Å². The third-order valence-corrected chi connectivity index (χ3v) is 4.46. The fourth-order valence-corrected chi connectivity index (χ4v) is 2.46. The average Bonchev–Trinajstić information content (AvgIpc) is 2.40. The molecular formula is C15H24BrNO. The molecule has 0 spiro atoms. The first-order valence-corrected chi connectivity index (χ1v) is 7.46. The van der Waals surface area contributed by atoms with Gasteiger partial charge < -0.3 is 10.4 Å². The summed E-state index contributed by atoms with van der Waals surface area (Å²) in [5.74, 6) is 0. The van der Waals surface area contributed by atoms with Crippen molar-refractivity contribution in [2.75, 3.05) is 13.2 Å². The van der Waals surface area contributed by atoms with E-state index in [-0.39, 0.29) is 12.0 Å². The Kier molecular flexibility index (Phi) is 6.33. The van der Waals surface area contributed by atoms with Crippen molar-refractivity contribution in [3.8, 4) is 0 Å². The number of rotatable bonds is 7. The van der Waals surface area contributed by atoms with E-state index in [1.807, 2.05) is 6.07 Å². The van der Waals surface area contributed by atoms with E-state index in [2.05, 4.69) is 60.2 Å². The van der Waals surface area contributed by atoms with Gasteiger partial charge in [0.25, 0.3) is 0 Å². The Balaban J connectivity index is 2.62. The van der Waals surface area contributed by atoms with Crippen LogP contribution in [0.25, 0.3) is 0 Å². The number of hydrogen-bond donors (Lipinski definition) is 2. The second-order valence-corrected chi connectivity index (χ2v) is 5.94. The number of nitrogens with one attached hydrogen (secondary N) is 1. The highest BCUT2D eigenvalue weighted by atomic mass is 79.9. The van der Waals surface area contributed by atoms with Gasteiger partial charge in [-0.15, -0.1) is 0 Å². The molecule has 18 heavy (non-hydrogen) atoms. The lowest BCUT2D eigenvalue weighted by Crippen LogP contribution is -2.37. The summed E-state index contributed by atoms with van der Waals surface area (Å²) in [4.78, 5) is 0. The van der Waals surface area contributed by atoms with Crippen LogP contribution in [0.4, 0.5) is 0 Å². The molecule has 0 saturated heterocycles. The van der Waals surface area contributed by atoms with Gasteiger partial charge in [-0.3, -0.25) is 0 Å². The first-order valence-electron chi connectivity index (χ1n) is 6.66. The first-order chi connectivity index (χ1) is 8.56. The Morgan fingerprint density at radius 1 is 1.33 bits per heavy atom. The molecule has 0 fully saturated rings. The van der Waals surface area contributed by atoms with E-state index in [1.54, 1.807) is 0 Å². The van der Waals surface area contributed by atoms with E-state index < -0.39 is 0 Å². The van der Waals surface area contributed by atoms with Gasteiger partial charge in [0.05, 0.1) is 0 Å². The zero-order valence-electron chi connectivity index (χ0n) is 11.5. The minimum Gasteiger partial charge on any atom is -0.396 e. The summed E-state index contributed by atoms with van der Waals surface area (Å²) in [5, 5.41) is 13.1. The first kappa shape index (κ1) is 15.7. The topological polar surface area (TPSA) is 32.3 Å². The van der Waals surface area contributed by atoms with Crippen molar-refractivity contribution in [2.45, 2.75) is 39.7 Å². The Labute approximate surface area is 119 Å². The van der Waals surface area contributed by atoms with E-state index in [9.17, 15) is 5.11 Å². The number of halogens is 1. The lowest BCUT2D eigenvalue weighted by atomic mass is 9.83. The quantitative estimate of drug-likeness (QED) is 0.800. The summed E-state index contributed by atoms with van der Waals surface area (Å²) in [6.07, 6.45) is 2.00. The predicted molar refractivity (Wildman–Crippen MR) is 80.7 cm³/mol. The van der Waals surface area contributed by atoms with Gasteiger partial charge in [-0.1, -0.05) is 41.9 Å². The SMILES string of the molecule is CCC(CC)(CO)CN[C@@H](C)c1cccc(Br)c1. The molecule has 0 aliphatic rings. The molecule has 0 bridgehead atoms. The van der Waals surface area contributed by atoms with Crippen LogP contribution in [0.2, 0.25) is 0 Å². The highest BCUT2D eigenvalue weighted by Crippen LogP contribution is 2.26. The number of aliphatic hydroxyl groups is 1. The summed E-state index contributed by atoms with van der Waals surface area (Å²) >= 11 is 3.49. The van der Waals surface area contributed by atoms with Crippen LogP contribution in [0, 0.1) is 5.41 Å². The summed E-state index contributed by atoms with van der Waals surface area (Å²) < 4.78 is 1.10. The molecule has 0 amide bonds. The van der Waals surface area contributed by atoms with E-state index in [0.29, 0.717) is 6.04 Å². The van der Waals surface area contributed by atoms with E-state index in [4.69, 9.17) is 0 Å². The van der Waals surface area contributed by atoms with Crippen LogP contribution in [-0.2, 0) is 0 Å². The third kappa shape index (κ3) is 4.08. The Morgan fingerprint density at radius 3 is 2.50 bits per heavy atom. The molecule has 1 aromatic rings. The van der Waals surface area contributed by atoms with Crippen LogP contribution in [0.3, 0.4) is 0 Å². The van der Waals surface area contributed by atoms with Gasteiger partial charge in [0, 0.05) is 29.1 Å². The standard InChI is InChI=1S/C15H24BrNO/c1-4-15(5-2,11-18)10-17-12(3)13-7-6-8-14(16)9-13/h6-9,12,17-18H,4-5,10-11H2,1-3H3/t12-/m0/s1. The number of aliphatic hydroxyl groups excluding tert-OH is 1.